The Morgan fingerprint density at radius 2 is 2.07 bits per heavy atom. The molecule has 0 nitrogen and oxygen atoms in total. The van der Waals surface area contributed by atoms with Crippen LogP contribution in [0.2, 0.25) is 0 Å². The van der Waals surface area contributed by atoms with Crippen LogP contribution in [0.3, 0.4) is 0 Å². The molecule has 0 saturated carbocycles. The van der Waals surface area contributed by atoms with Gasteiger partial charge in [-0.2, -0.15) is 11.8 Å². The SMILES string of the molecule is CSC1(C)c2ccccc2C(Br)=CC1I. The number of allylic oxidation sites excluding steroid dienone is 1. The normalized spacial score (nSPS) is 29.6. The van der Waals surface area contributed by atoms with Crippen molar-refractivity contribution in [2.45, 2.75) is 15.6 Å². The minimum absolute atomic E-state index is 0.189. The fraction of sp³-hybridized carbons (Fsp3) is 0.333. The maximum absolute atomic E-state index is 3.66. The van der Waals surface area contributed by atoms with Crippen LogP contribution in [-0.2, 0) is 4.75 Å². The van der Waals surface area contributed by atoms with Gasteiger partial charge in [-0.3, -0.25) is 0 Å². The fourth-order valence-electron chi connectivity index (χ4n) is 1.87. The molecule has 3 heteroatoms. The first-order chi connectivity index (χ1) is 7.09. The number of benzene rings is 1. The molecule has 0 N–H and O–H groups in total. The van der Waals surface area contributed by atoms with Crippen LogP contribution in [0.4, 0.5) is 0 Å². The average molecular weight is 395 g/mol. The molecule has 0 radical (unpaired) electrons. The minimum atomic E-state index is 0.189. The Balaban J connectivity index is 2.65. The third-order valence-electron chi connectivity index (χ3n) is 2.96. The molecule has 0 amide bonds. The number of rotatable bonds is 1. The second-order valence-corrected chi connectivity index (χ2v) is 7.23. The molecule has 0 aromatic heterocycles. The first-order valence-corrected chi connectivity index (χ1v) is 8.02. The molecule has 0 heterocycles. The van der Waals surface area contributed by atoms with Crippen molar-refractivity contribution in [3.05, 3.63) is 41.5 Å². The van der Waals surface area contributed by atoms with Gasteiger partial charge >= 0.3 is 0 Å². The van der Waals surface area contributed by atoms with Crippen LogP contribution in [-0.4, -0.2) is 10.2 Å². The van der Waals surface area contributed by atoms with E-state index in [1.165, 1.54) is 15.6 Å². The molecular formula is C12H12BrIS. The van der Waals surface area contributed by atoms with E-state index in [0.29, 0.717) is 3.92 Å². The Hall–Kier alpha value is 0.520. The van der Waals surface area contributed by atoms with E-state index in [1.54, 1.807) is 0 Å². The largest absolute Gasteiger partial charge is 0.153 e. The lowest BCUT2D eigenvalue weighted by atomic mass is 9.87. The Kier molecular flexibility index (Phi) is 3.53. The summed E-state index contributed by atoms with van der Waals surface area (Å²) in [6, 6.07) is 8.66. The number of hydrogen-bond acceptors (Lipinski definition) is 1. The van der Waals surface area contributed by atoms with Crippen LogP contribution in [0.25, 0.3) is 4.48 Å². The molecule has 2 unspecified atom stereocenters. The van der Waals surface area contributed by atoms with E-state index in [9.17, 15) is 0 Å². The molecule has 1 aromatic carbocycles. The van der Waals surface area contributed by atoms with E-state index in [2.05, 4.69) is 82.0 Å². The van der Waals surface area contributed by atoms with Crippen LogP contribution in [0.1, 0.15) is 18.1 Å². The van der Waals surface area contributed by atoms with Crippen molar-refractivity contribution in [1.29, 1.82) is 0 Å². The first-order valence-electron chi connectivity index (χ1n) is 4.76. The van der Waals surface area contributed by atoms with Gasteiger partial charge in [0.05, 0.1) is 4.75 Å². The molecule has 2 rings (SSSR count). The van der Waals surface area contributed by atoms with Gasteiger partial charge in [0, 0.05) is 8.41 Å². The minimum Gasteiger partial charge on any atom is -0.153 e. The number of fused-ring (bicyclic) bond motifs is 1. The zero-order valence-corrected chi connectivity index (χ0v) is 13.2. The Morgan fingerprint density at radius 1 is 1.40 bits per heavy atom. The van der Waals surface area contributed by atoms with E-state index in [1.807, 2.05) is 11.8 Å². The fourth-order valence-corrected chi connectivity index (χ4v) is 5.13. The summed E-state index contributed by atoms with van der Waals surface area (Å²) >= 11 is 8.10. The van der Waals surface area contributed by atoms with E-state index < -0.39 is 0 Å². The summed E-state index contributed by atoms with van der Waals surface area (Å²) in [6.45, 7) is 2.32. The lowest BCUT2D eigenvalue weighted by molar-refractivity contribution is 0.732. The van der Waals surface area contributed by atoms with Crippen molar-refractivity contribution < 1.29 is 0 Å². The highest BCUT2D eigenvalue weighted by molar-refractivity contribution is 14.1. The maximum atomic E-state index is 3.66. The van der Waals surface area contributed by atoms with Gasteiger partial charge in [-0.15, -0.1) is 0 Å². The zero-order chi connectivity index (χ0) is 11.1. The average Bonchev–Trinajstić information content (AvgIpc) is 2.26. The van der Waals surface area contributed by atoms with Crippen LogP contribution >= 0.6 is 50.3 Å². The quantitative estimate of drug-likeness (QED) is 0.486. The van der Waals surface area contributed by atoms with Gasteiger partial charge in [0.2, 0.25) is 0 Å². The second kappa shape index (κ2) is 4.41. The number of alkyl halides is 1. The smallest absolute Gasteiger partial charge is 0.0536 e. The van der Waals surface area contributed by atoms with Gasteiger partial charge < -0.3 is 0 Å². The number of halogens is 2. The zero-order valence-electron chi connectivity index (χ0n) is 8.63. The van der Waals surface area contributed by atoms with Crippen LogP contribution < -0.4 is 0 Å². The standard InChI is InChI=1S/C12H12BrIS/c1-12(15-2)9-6-4-3-5-8(9)10(13)7-11(12)14/h3-7,11H,1-2H3. The lowest BCUT2D eigenvalue weighted by Crippen LogP contribution is -2.31. The number of hydrogen-bond donors (Lipinski definition) is 0. The molecular weight excluding hydrogens is 383 g/mol. The summed E-state index contributed by atoms with van der Waals surface area (Å²) in [7, 11) is 0. The summed E-state index contributed by atoms with van der Waals surface area (Å²) in [6.07, 6.45) is 4.49. The Bertz CT molecular complexity index is 416. The molecule has 2 atom stereocenters. The van der Waals surface area contributed by atoms with Gasteiger partial charge in [0.25, 0.3) is 0 Å². The van der Waals surface area contributed by atoms with Gasteiger partial charge in [-0.1, -0.05) is 68.9 Å². The predicted molar refractivity (Wildman–Crippen MR) is 82.0 cm³/mol. The summed E-state index contributed by atoms with van der Waals surface area (Å²) in [5, 5.41) is 0. The Morgan fingerprint density at radius 3 is 2.73 bits per heavy atom. The molecule has 1 aromatic rings. The highest BCUT2D eigenvalue weighted by atomic mass is 127. The highest BCUT2D eigenvalue weighted by Crippen LogP contribution is 2.49. The molecule has 80 valence electrons. The lowest BCUT2D eigenvalue weighted by Gasteiger charge is -2.37. The summed E-state index contributed by atoms with van der Waals surface area (Å²) in [4.78, 5) is 0. The monoisotopic (exact) mass is 394 g/mol. The van der Waals surface area contributed by atoms with Crippen molar-refractivity contribution in [2.75, 3.05) is 6.26 Å². The summed E-state index contributed by atoms with van der Waals surface area (Å²) < 4.78 is 1.94. The van der Waals surface area contributed by atoms with E-state index >= 15 is 0 Å². The van der Waals surface area contributed by atoms with Crippen molar-refractivity contribution in [3.63, 3.8) is 0 Å². The Labute approximate surface area is 117 Å². The molecule has 0 aliphatic heterocycles. The highest BCUT2D eigenvalue weighted by Gasteiger charge is 2.37. The number of thioether (sulfide) groups is 1. The molecule has 0 bridgehead atoms. The molecule has 0 spiro atoms. The third kappa shape index (κ3) is 1.91. The summed E-state index contributed by atoms with van der Waals surface area (Å²) in [5.74, 6) is 0. The molecule has 1 aliphatic carbocycles. The van der Waals surface area contributed by atoms with Crippen LogP contribution in [0, 0.1) is 0 Å². The van der Waals surface area contributed by atoms with Gasteiger partial charge in [-0.05, 0) is 24.3 Å². The third-order valence-corrected chi connectivity index (χ3v) is 7.00. The van der Waals surface area contributed by atoms with Crippen LogP contribution in [0.15, 0.2) is 30.3 Å². The van der Waals surface area contributed by atoms with E-state index in [0.717, 1.165) is 0 Å². The van der Waals surface area contributed by atoms with Crippen molar-refractivity contribution in [1.82, 2.24) is 0 Å². The second-order valence-electron chi connectivity index (χ2n) is 3.77. The van der Waals surface area contributed by atoms with Crippen LogP contribution in [0.5, 0.6) is 0 Å². The molecule has 0 fully saturated rings. The predicted octanol–water partition coefficient (Wildman–Crippen LogP) is 4.82. The van der Waals surface area contributed by atoms with E-state index in [4.69, 9.17) is 0 Å². The maximum Gasteiger partial charge on any atom is 0.0536 e. The first kappa shape index (κ1) is 12.0. The molecule has 15 heavy (non-hydrogen) atoms. The molecule has 0 saturated heterocycles. The summed E-state index contributed by atoms with van der Waals surface area (Å²) in [5.41, 5.74) is 2.77. The van der Waals surface area contributed by atoms with Crippen molar-refractivity contribution in [2.24, 2.45) is 0 Å². The van der Waals surface area contributed by atoms with Crippen molar-refractivity contribution >= 4 is 54.8 Å². The van der Waals surface area contributed by atoms with Gasteiger partial charge in [0.15, 0.2) is 0 Å². The molecule has 1 aliphatic rings. The van der Waals surface area contributed by atoms with Gasteiger partial charge in [0.1, 0.15) is 0 Å². The van der Waals surface area contributed by atoms with Gasteiger partial charge in [-0.25, -0.2) is 0 Å². The van der Waals surface area contributed by atoms with Crippen molar-refractivity contribution in [3.8, 4) is 0 Å². The topological polar surface area (TPSA) is 0 Å². The van der Waals surface area contributed by atoms with E-state index in [-0.39, 0.29) is 4.75 Å².